The molecule has 0 atom stereocenters. The summed E-state index contributed by atoms with van der Waals surface area (Å²) in [5.74, 6) is 4.21. The van der Waals surface area contributed by atoms with Gasteiger partial charge in [-0.05, 0) is 18.2 Å². The third kappa shape index (κ3) is 5.06. The molecular weight excluding hydrogens is 250 g/mol. The van der Waals surface area contributed by atoms with Crippen LogP contribution in [0, 0.1) is 17.7 Å². The Kier molecular flexibility index (Phi) is 4.98. The Morgan fingerprint density at radius 1 is 1.28 bits per heavy atom. The van der Waals surface area contributed by atoms with E-state index in [9.17, 15) is 17.6 Å². The fourth-order valence-electron chi connectivity index (χ4n) is 1.12. The molecule has 0 aliphatic rings. The highest BCUT2D eigenvalue weighted by Gasteiger charge is 2.27. The Labute approximate surface area is 102 Å². The molecule has 1 aromatic carbocycles. The SMILES string of the molecule is NCC#Cc1ccc(F)c(OCCC(F)(F)F)c1. The van der Waals surface area contributed by atoms with Gasteiger partial charge in [0.2, 0.25) is 0 Å². The molecule has 2 N–H and O–H groups in total. The molecule has 0 bridgehead atoms. The molecule has 6 heteroatoms. The number of hydrogen-bond acceptors (Lipinski definition) is 2. The predicted molar refractivity (Wildman–Crippen MR) is 58.5 cm³/mol. The summed E-state index contributed by atoms with van der Waals surface area (Å²) in [5, 5.41) is 0. The Bertz CT molecular complexity index is 459. The molecule has 98 valence electrons. The topological polar surface area (TPSA) is 35.2 Å². The average Bonchev–Trinajstić information content (AvgIpc) is 2.28. The highest BCUT2D eigenvalue weighted by molar-refractivity contribution is 5.40. The first-order valence-electron chi connectivity index (χ1n) is 5.10. The minimum Gasteiger partial charge on any atom is -0.490 e. The molecule has 0 fully saturated rings. The van der Waals surface area contributed by atoms with Crippen LogP contribution >= 0.6 is 0 Å². The van der Waals surface area contributed by atoms with Crippen molar-refractivity contribution in [1.82, 2.24) is 0 Å². The molecule has 0 aromatic heterocycles. The summed E-state index contributed by atoms with van der Waals surface area (Å²) in [7, 11) is 0. The summed E-state index contributed by atoms with van der Waals surface area (Å²) in [6.07, 6.45) is -5.46. The van der Waals surface area contributed by atoms with Crippen LogP contribution in [0.3, 0.4) is 0 Å². The van der Waals surface area contributed by atoms with Gasteiger partial charge in [-0.3, -0.25) is 0 Å². The first kappa shape index (κ1) is 14.3. The maximum atomic E-state index is 13.2. The van der Waals surface area contributed by atoms with E-state index >= 15 is 0 Å². The van der Waals surface area contributed by atoms with Gasteiger partial charge >= 0.3 is 6.18 Å². The maximum Gasteiger partial charge on any atom is 0.392 e. The lowest BCUT2D eigenvalue weighted by Gasteiger charge is -2.09. The fourth-order valence-corrected chi connectivity index (χ4v) is 1.12. The van der Waals surface area contributed by atoms with Gasteiger partial charge in [0.1, 0.15) is 0 Å². The molecular formula is C12H11F4NO. The van der Waals surface area contributed by atoms with Gasteiger partial charge in [-0.1, -0.05) is 11.8 Å². The zero-order valence-corrected chi connectivity index (χ0v) is 9.35. The number of ether oxygens (including phenoxy) is 1. The van der Waals surface area contributed by atoms with E-state index in [4.69, 9.17) is 10.5 Å². The van der Waals surface area contributed by atoms with Gasteiger partial charge in [-0.25, -0.2) is 4.39 Å². The second-order valence-electron chi connectivity index (χ2n) is 3.36. The van der Waals surface area contributed by atoms with Crippen molar-refractivity contribution in [1.29, 1.82) is 0 Å². The van der Waals surface area contributed by atoms with Crippen LogP contribution < -0.4 is 10.5 Å². The van der Waals surface area contributed by atoms with E-state index in [1.165, 1.54) is 12.1 Å². The molecule has 0 radical (unpaired) electrons. The fraction of sp³-hybridized carbons (Fsp3) is 0.333. The molecule has 1 rings (SSSR count). The molecule has 0 saturated carbocycles. The van der Waals surface area contributed by atoms with Gasteiger partial charge < -0.3 is 10.5 Å². The Hall–Kier alpha value is -1.74. The number of hydrogen-bond donors (Lipinski definition) is 1. The normalized spacial score (nSPS) is 10.7. The minimum atomic E-state index is -4.33. The molecule has 2 nitrogen and oxygen atoms in total. The molecule has 0 unspecified atom stereocenters. The first-order valence-corrected chi connectivity index (χ1v) is 5.10. The maximum absolute atomic E-state index is 13.2. The lowest BCUT2D eigenvalue weighted by atomic mass is 10.2. The van der Waals surface area contributed by atoms with Crippen LogP contribution in [0.2, 0.25) is 0 Å². The quantitative estimate of drug-likeness (QED) is 0.670. The summed E-state index contributed by atoms with van der Waals surface area (Å²) in [6, 6.07) is 3.73. The van der Waals surface area contributed by atoms with E-state index in [1.807, 2.05) is 0 Å². The molecule has 0 aliphatic carbocycles. The second-order valence-corrected chi connectivity index (χ2v) is 3.36. The van der Waals surface area contributed by atoms with Crippen molar-refractivity contribution in [3.8, 4) is 17.6 Å². The van der Waals surface area contributed by atoms with Crippen molar-refractivity contribution in [2.75, 3.05) is 13.2 Å². The van der Waals surface area contributed by atoms with Gasteiger partial charge in [0.05, 0.1) is 19.6 Å². The summed E-state index contributed by atoms with van der Waals surface area (Å²) in [6.45, 7) is -0.490. The van der Waals surface area contributed by atoms with Crippen molar-refractivity contribution >= 4 is 0 Å². The van der Waals surface area contributed by atoms with Crippen LogP contribution in [0.1, 0.15) is 12.0 Å². The molecule has 0 aliphatic heterocycles. The van der Waals surface area contributed by atoms with Crippen LogP contribution in [0.15, 0.2) is 18.2 Å². The van der Waals surface area contributed by atoms with Crippen LogP contribution in [0.4, 0.5) is 17.6 Å². The third-order valence-electron chi connectivity index (χ3n) is 1.91. The summed E-state index contributed by atoms with van der Waals surface area (Å²) < 4.78 is 53.7. The second kappa shape index (κ2) is 6.26. The van der Waals surface area contributed by atoms with E-state index < -0.39 is 25.0 Å². The predicted octanol–water partition coefficient (Wildman–Crippen LogP) is 2.47. The minimum absolute atomic E-state index is 0.141. The molecule has 0 amide bonds. The van der Waals surface area contributed by atoms with Gasteiger partial charge in [0.25, 0.3) is 0 Å². The molecule has 0 saturated heterocycles. The lowest BCUT2D eigenvalue weighted by Crippen LogP contribution is -2.13. The number of alkyl halides is 3. The third-order valence-corrected chi connectivity index (χ3v) is 1.91. The van der Waals surface area contributed by atoms with Gasteiger partial charge in [-0.2, -0.15) is 13.2 Å². The Morgan fingerprint density at radius 2 is 2.00 bits per heavy atom. The first-order chi connectivity index (χ1) is 8.42. The average molecular weight is 261 g/mol. The lowest BCUT2D eigenvalue weighted by molar-refractivity contribution is -0.139. The van der Waals surface area contributed by atoms with Crippen LogP contribution in [-0.2, 0) is 0 Å². The number of benzene rings is 1. The van der Waals surface area contributed by atoms with Gasteiger partial charge in [-0.15, -0.1) is 0 Å². The van der Waals surface area contributed by atoms with Crippen LogP contribution in [-0.4, -0.2) is 19.3 Å². The summed E-state index contributed by atoms with van der Waals surface area (Å²) >= 11 is 0. The smallest absolute Gasteiger partial charge is 0.392 e. The number of nitrogens with two attached hydrogens (primary N) is 1. The van der Waals surface area contributed by atoms with E-state index in [2.05, 4.69) is 11.8 Å². The van der Waals surface area contributed by atoms with Crippen molar-refractivity contribution in [2.24, 2.45) is 5.73 Å². The number of rotatable bonds is 3. The van der Waals surface area contributed by atoms with Crippen LogP contribution in [0.25, 0.3) is 0 Å². The largest absolute Gasteiger partial charge is 0.490 e. The molecule has 18 heavy (non-hydrogen) atoms. The zero-order valence-electron chi connectivity index (χ0n) is 9.35. The molecule has 1 aromatic rings. The van der Waals surface area contributed by atoms with Gasteiger partial charge in [0, 0.05) is 5.56 Å². The summed E-state index contributed by atoms with van der Waals surface area (Å²) in [5.41, 5.74) is 5.60. The van der Waals surface area contributed by atoms with E-state index in [0.29, 0.717) is 5.56 Å². The molecule has 0 heterocycles. The number of halogens is 4. The van der Waals surface area contributed by atoms with Crippen molar-refractivity contribution in [3.05, 3.63) is 29.6 Å². The monoisotopic (exact) mass is 261 g/mol. The van der Waals surface area contributed by atoms with E-state index in [-0.39, 0.29) is 12.3 Å². The van der Waals surface area contributed by atoms with Crippen molar-refractivity contribution < 1.29 is 22.3 Å². The van der Waals surface area contributed by atoms with Gasteiger partial charge in [0.15, 0.2) is 11.6 Å². The zero-order chi connectivity index (χ0) is 13.6. The Morgan fingerprint density at radius 3 is 2.61 bits per heavy atom. The molecule has 0 spiro atoms. The van der Waals surface area contributed by atoms with E-state index in [1.54, 1.807) is 0 Å². The van der Waals surface area contributed by atoms with Crippen molar-refractivity contribution in [3.63, 3.8) is 0 Å². The summed E-state index contributed by atoms with van der Waals surface area (Å²) in [4.78, 5) is 0. The highest BCUT2D eigenvalue weighted by Crippen LogP contribution is 2.22. The van der Waals surface area contributed by atoms with Crippen molar-refractivity contribution in [2.45, 2.75) is 12.6 Å². The highest BCUT2D eigenvalue weighted by atomic mass is 19.4. The van der Waals surface area contributed by atoms with E-state index in [0.717, 1.165) is 6.07 Å². The van der Waals surface area contributed by atoms with Crippen LogP contribution in [0.5, 0.6) is 5.75 Å². The standard InChI is InChI=1S/C12H11F4NO/c13-10-4-3-9(2-1-6-17)8-11(10)18-7-5-12(14,15)16/h3-4,8H,5-7,17H2. The Balaban J connectivity index is 2.69.